The quantitative estimate of drug-likeness (QED) is 0.692. The molecule has 1 heterocycles. The van der Waals surface area contributed by atoms with Crippen LogP contribution in [0.2, 0.25) is 5.02 Å². The Morgan fingerprint density at radius 3 is 2.96 bits per heavy atom. The van der Waals surface area contributed by atoms with Crippen LogP contribution in [0.15, 0.2) is 30.5 Å². The maximum atomic E-state index is 11.0. The molecule has 1 aromatic carbocycles. The third-order valence-electron chi connectivity index (χ3n) is 3.78. The monoisotopic (exact) mass is 392 g/mol. The van der Waals surface area contributed by atoms with Crippen molar-refractivity contribution in [3.05, 3.63) is 40.4 Å². The number of benzene rings is 1. The molecule has 1 amide bonds. The van der Waals surface area contributed by atoms with Crippen molar-refractivity contribution in [2.24, 2.45) is 5.92 Å². The molecular weight excluding hydrogens is 372 g/mol. The van der Waals surface area contributed by atoms with E-state index in [1.165, 1.54) is 31.1 Å². The van der Waals surface area contributed by atoms with Gasteiger partial charge in [-0.1, -0.05) is 35.1 Å². The van der Waals surface area contributed by atoms with Crippen LogP contribution in [0.25, 0.3) is 6.08 Å². The van der Waals surface area contributed by atoms with Crippen molar-refractivity contribution < 1.29 is 14.3 Å². The molecule has 7 heteroatoms. The summed E-state index contributed by atoms with van der Waals surface area (Å²) in [5.41, 5.74) is 0. The van der Waals surface area contributed by atoms with E-state index in [1.807, 2.05) is 31.2 Å². The molecule has 1 aromatic heterocycles. The fourth-order valence-electron chi connectivity index (χ4n) is 2.27. The number of halogens is 1. The van der Waals surface area contributed by atoms with Crippen molar-refractivity contribution in [3.8, 4) is 16.7 Å². The molecule has 0 aliphatic heterocycles. The van der Waals surface area contributed by atoms with E-state index in [9.17, 15) is 4.79 Å². The summed E-state index contributed by atoms with van der Waals surface area (Å²) in [6, 6.07) is 5.44. The molecular formula is C19H21ClN2O3S. The first-order valence-corrected chi connectivity index (χ1v) is 9.71. The summed E-state index contributed by atoms with van der Waals surface area (Å²) < 4.78 is 11.6. The fraction of sp³-hybridized carbons (Fsp3) is 0.368. The highest BCUT2D eigenvalue weighted by atomic mass is 35.5. The minimum Gasteiger partial charge on any atom is -0.492 e. The highest BCUT2D eigenvalue weighted by Gasteiger charge is 2.22. The molecule has 0 saturated heterocycles. The van der Waals surface area contributed by atoms with Crippen molar-refractivity contribution in [1.29, 1.82) is 0 Å². The second-order valence-corrected chi connectivity index (χ2v) is 7.70. The van der Waals surface area contributed by atoms with Crippen LogP contribution in [0.4, 0.5) is 0 Å². The van der Waals surface area contributed by atoms with Crippen LogP contribution >= 0.6 is 22.9 Å². The summed E-state index contributed by atoms with van der Waals surface area (Å²) in [6.45, 7) is 4.10. The third kappa shape index (κ3) is 5.47. The Morgan fingerprint density at radius 2 is 2.23 bits per heavy atom. The Labute approximate surface area is 162 Å². The van der Waals surface area contributed by atoms with Crippen LogP contribution in [-0.4, -0.2) is 23.5 Å². The van der Waals surface area contributed by atoms with Crippen LogP contribution in [0.1, 0.15) is 31.6 Å². The Kier molecular flexibility index (Phi) is 6.16. The lowest BCUT2D eigenvalue weighted by Gasteiger charge is -2.10. The Bertz CT molecular complexity index is 802. The van der Waals surface area contributed by atoms with Crippen molar-refractivity contribution in [1.82, 2.24) is 10.3 Å². The lowest BCUT2D eigenvalue weighted by atomic mass is 10.3. The van der Waals surface area contributed by atoms with Gasteiger partial charge in [0.2, 0.25) is 5.91 Å². The number of thiazole rings is 1. The summed E-state index contributed by atoms with van der Waals surface area (Å²) >= 11 is 7.79. The SMILES string of the molecule is CC(=O)N[C@@H](C)/C=C/c1cnc(Oc2cccc(OCC3CC3)c2Cl)s1. The summed E-state index contributed by atoms with van der Waals surface area (Å²) in [7, 11) is 0. The summed E-state index contributed by atoms with van der Waals surface area (Å²) in [5.74, 6) is 1.76. The summed E-state index contributed by atoms with van der Waals surface area (Å²) in [6.07, 6.45) is 7.98. The van der Waals surface area contributed by atoms with Crippen LogP contribution in [0.3, 0.4) is 0 Å². The third-order valence-corrected chi connectivity index (χ3v) is 4.99. The van der Waals surface area contributed by atoms with Crippen molar-refractivity contribution in [2.45, 2.75) is 32.7 Å². The molecule has 1 aliphatic carbocycles. The number of nitrogens with one attached hydrogen (secondary N) is 1. The number of amides is 1. The minimum atomic E-state index is -0.0612. The molecule has 1 saturated carbocycles. The van der Waals surface area contributed by atoms with Crippen LogP contribution < -0.4 is 14.8 Å². The van der Waals surface area contributed by atoms with Gasteiger partial charge in [-0.3, -0.25) is 4.79 Å². The Balaban J connectivity index is 1.62. The van der Waals surface area contributed by atoms with Gasteiger partial charge in [0, 0.05) is 19.2 Å². The second-order valence-electron chi connectivity index (χ2n) is 6.30. The molecule has 2 aromatic rings. The molecule has 0 radical (unpaired) electrons. The molecule has 26 heavy (non-hydrogen) atoms. The van der Waals surface area contributed by atoms with Gasteiger partial charge in [-0.05, 0) is 43.9 Å². The van der Waals surface area contributed by atoms with Crippen LogP contribution in [-0.2, 0) is 4.79 Å². The number of hydrogen-bond donors (Lipinski definition) is 1. The Hall–Kier alpha value is -2.05. The predicted octanol–water partition coefficient (Wildman–Crippen LogP) is 4.92. The van der Waals surface area contributed by atoms with E-state index in [1.54, 1.807) is 12.3 Å². The molecule has 138 valence electrons. The lowest BCUT2D eigenvalue weighted by Crippen LogP contribution is -2.28. The van der Waals surface area contributed by atoms with Gasteiger partial charge < -0.3 is 14.8 Å². The van der Waals surface area contributed by atoms with E-state index < -0.39 is 0 Å². The van der Waals surface area contributed by atoms with E-state index >= 15 is 0 Å². The average molecular weight is 393 g/mol. The van der Waals surface area contributed by atoms with Gasteiger partial charge in [0.1, 0.15) is 10.8 Å². The van der Waals surface area contributed by atoms with Gasteiger partial charge in [0.25, 0.3) is 5.19 Å². The molecule has 1 atom stereocenters. The first-order valence-electron chi connectivity index (χ1n) is 8.51. The van der Waals surface area contributed by atoms with Gasteiger partial charge in [0.05, 0.1) is 11.5 Å². The average Bonchev–Trinajstić information content (AvgIpc) is 3.31. The smallest absolute Gasteiger partial charge is 0.279 e. The van der Waals surface area contributed by atoms with E-state index in [-0.39, 0.29) is 11.9 Å². The fourth-order valence-corrected chi connectivity index (χ4v) is 3.18. The number of carbonyl (C=O) groups excluding carboxylic acids is 1. The van der Waals surface area contributed by atoms with E-state index in [0.29, 0.717) is 34.2 Å². The zero-order valence-electron chi connectivity index (χ0n) is 14.7. The largest absolute Gasteiger partial charge is 0.492 e. The second kappa shape index (κ2) is 8.56. The van der Waals surface area contributed by atoms with Crippen molar-refractivity contribution >= 4 is 34.9 Å². The van der Waals surface area contributed by atoms with Gasteiger partial charge in [-0.2, -0.15) is 0 Å². The van der Waals surface area contributed by atoms with Crippen LogP contribution in [0, 0.1) is 5.92 Å². The topological polar surface area (TPSA) is 60.5 Å². The first kappa shape index (κ1) is 18.7. The predicted molar refractivity (Wildman–Crippen MR) is 104 cm³/mol. The van der Waals surface area contributed by atoms with Crippen molar-refractivity contribution in [2.75, 3.05) is 6.61 Å². The molecule has 1 N–H and O–H groups in total. The highest BCUT2D eigenvalue weighted by molar-refractivity contribution is 7.14. The highest BCUT2D eigenvalue weighted by Crippen LogP contribution is 2.39. The summed E-state index contributed by atoms with van der Waals surface area (Å²) in [5, 5.41) is 3.75. The number of carbonyl (C=O) groups is 1. The van der Waals surface area contributed by atoms with E-state index in [4.69, 9.17) is 21.1 Å². The first-order chi connectivity index (χ1) is 12.5. The lowest BCUT2D eigenvalue weighted by molar-refractivity contribution is -0.119. The number of nitrogens with zero attached hydrogens (tertiary/aromatic N) is 1. The molecule has 5 nitrogen and oxygen atoms in total. The maximum absolute atomic E-state index is 11.0. The number of aromatic nitrogens is 1. The normalized spacial score (nSPS) is 15.0. The van der Waals surface area contributed by atoms with Gasteiger partial charge in [0.15, 0.2) is 5.75 Å². The van der Waals surface area contributed by atoms with Crippen molar-refractivity contribution in [3.63, 3.8) is 0 Å². The summed E-state index contributed by atoms with van der Waals surface area (Å²) in [4.78, 5) is 16.2. The van der Waals surface area contributed by atoms with Gasteiger partial charge >= 0.3 is 0 Å². The number of ether oxygens (including phenoxy) is 2. The molecule has 0 spiro atoms. The molecule has 1 aliphatic rings. The zero-order chi connectivity index (χ0) is 18.5. The molecule has 1 fully saturated rings. The molecule has 0 bridgehead atoms. The van der Waals surface area contributed by atoms with Crippen LogP contribution in [0.5, 0.6) is 16.7 Å². The van der Waals surface area contributed by atoms with Gasteiger partial charge in [-0.25, -0.2) is 4.98 Å². The zero-order valence-corrected chi connectivity index (χ0v) is 16.3. The standard InChI is InChI=1S/C19H21ClN2O3S/c1-12(22-13(2)23)6-9-15-10-21-19(26-15)25-17-5-3-4-16(18(17)20)24-11-14-7-8-14/h3-6,9-10,12,14H,7-8,11H2,1-2H3,(H,22,23)/b9-6+/t12-/m0/s1. The van der Waals surface area contributed by atoms with Gasteiger partial charge in [-0.15, -0.1) is 0 Å². The Morgan fingerprint density at radius 1 is 1.46 bits per heavy atom. The van der Waals surface area contributed by atoms with E-state index in [0.717, 1.165) is 4.88 Å². The van der Waals surface area contributed by atoms with E-state index in [2.05, 4.69) is 10.3 Å². The molecule has 3 rings (SSSR count). The minimum absolute atomic E-state index is 0.0475. The maximum Gasteiger partial charge on any atom is 0.279 e. The molecule has 0 unspecified atom stereocenters. The number of hydrogen-bond acceptors (Lipinski definition) is 5. The number of rotatable bonds is 8.